The first-order valence-corrected chi connectivity index (χ1v) is 8.82. The van der Waals surface area contributed by atoms with Gasteiger partial charge in [0, 0.05) is 25.2 Å². The molecule has 5 nitrogen and oxygen atoms in total. The van der Waals surface area contributed by atoms with Crippen LogP contribution < -0.4 is 5.73 Å². The third-order valence-electron chi connectivity index (χ3n) is 5.13. The number of amides is 2. The zero-order valence-corrected chi connectivity index (χ0v) is 14.2. The molecule has 0 aromatic heterocycles. The van der Waals surface area contributed by atoms with Gasteiger partial charge in [0.15, 0.2) is 0 Å². The first-order valence-electron chi connectivity index (χ1n) is 8.82. The number of halogens is 1. The number of nitrogens with two attached hydrogens (primary N) is 1. The Morgan fingerprint density at radius 3 is 2.60 bits per heavy atom. The van der Waals surface area contributed by atoms with Crippen LogP contribution in [-0.4, -0.2) is 53.3 Å². The molecule has 0 radical (unpaired) electrons. The van der Waals surface area contributed by atoms with Crippen molar-refractivity contribution >= 4 is 17.9 Å². The summed E-state index contributed by atoms with van der Waals surface area (Å²) in [4.78, 5) is 27.9. The van der Waals surface area contributed by atoms with Crippen molar-refractivity contribution in [2.45, 2.75) is 37.8 Å². The van der Waals surface area contributed by atoms with E-state index in [2.05, 4.69) is 4.90 Å². The predicted octanol–water partition coefficient (Wildman–Crippen LogP) is 1.78. The Morgan fingerprint density at radius 1 is 1.16 bits per heavy atom. The van der Waals surface area contributed by atoms with Crippen molar-refractivity contribution in [3.05, 3.63) is 41.7 Å². The molecule has 1 aromatic carbocycles. The fourth-order valence-electron chi connectivity index (χ4n) is 3.83. The number of likely N-dealkylation sites (tertiary alicyclic amines) is 2. The molecule has 134 valence electrons. The number of hydrogen-bond donors (Lipinski definition) is 1. The average molecular weight is 345 g/mol. The van der Waals surface area contributed by atoms with Crippen LogP contribution in [-0.2, 0) is 9.59 Å². The van der Waals surface area contributed by atoms with Gasteiger partial charge in [-0.3, -0.25) is 14.5 Å². The minimum Gasteiger partial charge on any atom is -0.368 e. The summed E-state index contributed by atoms with van der Waals surface area (Å²) in [5.41, 5.74) is 6.17. The second-order valence-electron chi connectivity index (χ2n) is 6.74. The molecule has 0 spiro atoms. The lowest BCUT2D eigenvalue weighted by molar-refractivity contribution is -0.129. The van der Waals surface area contributed by atoms with Crippen LogP contribution in [0, 0.1) is 5.82 Å². The molecular formula is C19H24FN3O2. The van der Waals surface area contributed by atoms with Gasteiger partial charge < -0.3 is 10.6 Å². The number of piperidine rings is 1. The van der Waals surface area contributed by atoms with Crippen LogP contribution in [0.3, 0.4) is 0 Å². The summed E-state index contributed by atoms with van der Waals surface area (Å²) in [5.74, 6) is -0.616. The van der Waals surface area contributed by atoms with E-state index in [0.29, 0.717) is 24.7 Å². The summed E-state index contributed by atoms with van der Waals surface area (Å²) in [7, 11) is 0. The predicted molar refractivity (Wildman–Crippen MR) is 94.0 cm³/mol. The highest BCUT2D eigenvalue weighted by Crippen LogP contribution is 2.26. The van der Waals surface area contributed by atoms with Gasteiger partial charge in [0.25, 0.3) is 0 Å². The third-order valence-corrected chi connectivity index (χ3v) is 5.13. The molecule has 2 amide bonds. The number of nitrogens with zero attached hydrogens (tertiary/aromatic N) is 2. The van der Waals surface area contributed by atoms with Gasteiger partial charge in [0.2, 0.25) is 11.8 Å². The Morgan fingerprint density at radius 2 is 1.92 bits per heavy atom. The van der Waals surface area contributed by atoms with E-state index in [1.165, 1.54) is 18.2 Å². The number of primary amides is 1. The molecule has 2 saturated heterocycles. The lowest BCUT2D eigenvalue weighted by Crippen LogP contribution is -2.51. The molecule has 6 heteroatoms. The normalized spacial score (nSPS) is 22.6. The lowest BCUT2D eigenvalue weighted by atomic mass is 10.0. The summed E-state index contributed by atoms with van der Waals surface area (Å²) in [6.07, 6.45) is 6.68. The molecule has 0 aliphatic carbocycles. The first kappa shape index (κ1) is 17.6. The summed E-state index contributed by atoms with van der Waals surface area (Å²) < 4.78 is 13.2. The SMILES string of the molecule is NC(=O)[C@@H]1CCCN1C1CCN(C(=O)/C=C/c2cccc(F)c2)CC1. The summed E-state index contributed by atoms with van der Waals surface area (Å²) >= 11 is 0. The fourth-order valence-corrected chi connectivity index (χ4v) is 3.83. The fraction of sp³-hybridized carbons (Fsp3) is 0.474. The van der Waals surface area contributed by atoms with Crippen molar-refractivity contribution in [3.8, 4) is 0 Å². The molecule has 0 unspecified atom stereocenters. The maximum atomic E-state index is 13.2. The van der Waals surface area contributed by atoms with Crippen LogP contribution in [0.4, 0.5) is 4.39 Å². The van der Waals surface area contributed by atoms with Crippen LogP contribution in [0.15, 0.2) is 30.3 Å². The zero-order chi connectivity index (χ0) is 17.8. The van der Waals surface area contributed by atoms with Crippen molar-refractivity contribution in [1.29, 1.82) is 0 Å². The second-order valence-corrected chi connectivity index (χ2v) is 6.74. The molecule has 2 N–H and O–H groups in total. The van der Waals surface area contributed by atoms with E-state index >= 15 is 0 Å². The molecule has 2 heterocycles. The van der Waals surface area contributed by atoms with Crippen LogP contribution in [0.2, 0.25) is 0 Å². The van der Waals surface area contributed by atoms with E-state index < -0.39 is 0 Å². The molecule has 0 bridgehead atoms. The maximum Gasteiger partial charge on any atom is 0.246 e. The van der Waals surface area contributed by atoms with Gasteiger partial charge >= 0.3 is 0 Å². The van der Waals surface area contributed by atoms with Crippen molar-refractivity contribution in [2.24, 2.45) is 5.73 Å². The summed E-state index contributed by atoms with van der Waals surface area (Å²) in [6, 6.07) is 6.32. The minimum absolute atomic E-state index is 0.0596. The van der Waals surface area contributed by atoms with Crippen molar-refractivity contribution in [3.63, 3.8) is 0 Å². The molecule has 2 aliphatic rings. The summed E-state index contributed by atoms with van der Waals surface area (Å²) in [6.45, 7) is 2.24. The van der Waals surface area contributed by atoms with E-state index in [-0.39, 0.29) is 23.7 Å². The topological polar surface area (TPSA) is 66.6 Å². The highest BCUT2D eigenvalue weighted by Gasteiger charge is 2.35. The highest BCUT2D eigenvalue weighted by atomic mass is 19.1. The largest absolute Gasteiger partial charge is 0.368 e. The second kappa shape index (κ2) is 7.78. The molecular weight excluding hydrogens is 321 g/mol. The number of carbonyl (C=O) groups excluding carboxylic acids is 2. The Kier molecular flexibility index (Phi) is 5.48. The smallest absolute Gasteiger partial charge is 0.246 e. The number of benzene rings is 1. The molecule has 0 saturated carbocycles. The van der Waals surface area contributed by atoms with Gasteiger partial charge in [-0.05, 0) is 56.0 Å². The third kappa shape index (κ3) is 4.25. The number of hydrogen-bond acceptors (Lipinski definition) is 3. The van der Waals surface area contributed by atoms with Gasteiger partial charge in [-0.2, -0.15) is 0 Å². The van der Waals surface area contributed by atoms with Crippen molar-refractivity contribution in [2.75, 3.05) is 19.6 Å². The Hall–Kier alpha value is -2.21. The quantitative estimate of drug-likeness (QED) is 0.846. The Labute approximate surface area is 147 Å². The van der Waals surface area contributed by atoms with Crippen LogP contribution in [0.5, 0.6) is 0 Å². The molecule has 2 aliphatic heterocycles. The van der Waals surface area contributed by atoms with E-state index in [4.69, 9.17) is 5.73 Å². The van der Waals surface area contributed by atoms with Crippen LogP contribution in [0.1, 0.15) is 31.2 Å². The van der Waals surface area contributed by atoms with Gasteiger partial charge in [-0.25, -0.2) is 4.39 Å². The molecule has 3 rings (SSSR count). The maximum absolute atomic E-state index is 13.2. The molecule has 1 atom stereocenters. The van der Waals surface area contributed by atoms with Crippen LogP contribution in [0.25, 0.3) is 6.08 Å². The molecule has 1 aromatic rings. The Bertz CT molecular complexity index is 668. The monoisotopic (exact) mass is 345 g/mol. The van der Waals surface area contributed by atoms with E-state index in [1.54, 1.807) is 18.2 Å². The minimum atomic E-state index is -0.315. The average Bonchev–Trinajstić information content (AvgIpc) is 3.10. The zero-order valence-electron chi connectivity index (χ0n) is 14.2. The first-order chi connectivity index (χ1) is 12.0. The number of rotatable bonds is 4. The van der Waals surface area contributed by atoms with E-state index in [0.717, 1.165) is 32.2 Å². The number of carbonyl (C=O) groups is 2. The summed E-state index contributed by atoms with van der Waals surface area (Å²) in [5, 5.41) is 0. The van der Waals surface area contributed by atoms with Gasteiger partial charge in [0.1, 0.15) is 5.82 Å². The van der Waals surface area contributed by atoms with Gasteiger partial charge in [0.05, 0.1) is 6.04 Å². The standard InChI is InChI=1S/C19H24FN3O2/c20-15-4-1-3-14(13-15)6-7-18(24)22-11-8-16(9-12-22)23-10-2-5-17(23)19(21)25/h1,3-4,6-7,13,16-17H,2,5,8-12H2,(H2,21,25)/b7-6+/t17-/m0/s1. The van der Waals surface area contributed by atoms with Crippen molar-refractivity contribution < 1.29 is 14.0 Å². The van der Waals surface area contributed by atoms with Crippen molar-refractivity contribution in [1.82, 2.24) is 9.80 Å². The van der Waals surface area contributed by atoms with Gasteiger partial charge in [-0.15, -0.1) is 0 Å². The van der Waals surface area contributed by atoms with E-state index in [1.807, 2.05) is 4.90 Å². The van der Waals surface area contributed by atoms with E-state index in [9.17, 15) is 14.0 Å². The lowest BCUT2D eigenvalue weighted by Gasteiger charge is -2.38. The molecule has 25 heavy (non-hydrogen) atoms. The molecule has 2 fully saturated rings. The van der Waals surface area contributed by atoms with Crippen LogP contribution >= 0.6 is 0 Å². The Balaban J connectivity index is 1.53. The highest BCUT2D eigenvalue weighted by molar-refractivity contribution is 5.91. The van der Waals surface area contributed by atoms with Gasteiger partial charge in [-0.1, -0.05) is 12.1 Å².